The molecule has 4 aromatic rings. The molecule has 0 aliphatic carbocycles. The van der Waals surface area contributed by atoms with Crippen molar-refractivity contribution in [3.05, 3.63) is 95.1 Å². The van der Waals surface area contributed by atoms with E-state index >= 15 is 0 Å². The van der Waals surface area contributed by atoms with Crippen LogP contribution in [0.1, 0.15) is 34.3 Å². The lowest BCUT2D eigenvalue weighted by Crippen LogP contribution is -2.32. The van der Waals surface area contributed by atoms with E-state index in [1.165, 1.54) is 0 Å². The van der Waals surface area contributed by atoms with Crippen molar-refractivity contribution in [1.82, 2.24) is 5.32 Å². The van der Waals surface area contributed by atoms with E-state index in [0.29, 0.717) is 0 Å². The third-order valence-corrected chi connectivity index (χ3v) is 6.03. The number of hydrogen-bond acceptors (Lipinski definition) is 5. The Balaban J connectivity index is 1.76. The summed E-state index contributed by atoms with van der Waals surface area (Å²) < 4.78 is 10.6. The standard InChI is InChI=1S/C26H23NO4/c1-30-18-9-3-16(4-10-18)25-23-20(28)13-7-15-8-14-21(29)24(22(15)23)26(27-25)17-5-11-19(31-2)12-6-17/h3-14,25-29H,1-2H3. The molecule has 0 amide bonds. The zero-order chi connectivity index (χ0) is 21.5. The van der Waals surface area contributed by atoms with Crippen molar-refractivity contribution < 1.29 is 19.7 Å². The summed E-state index contributed by atoms with van der Waals surface area (Å²) in [4.78, 5) is 0. The van der Waals surface area contributed by atoms with Gasteiger partial charge < -0.3 is 19.7 Å². The van der Waals surface area contributed by atoms with E-state index in [4.69, 9.17) is 9.47 Å². The first-order valence-electron chi connectivity index (χ1n) is 10.1. The summed E-state index contributed by atoms with van der Waals surface area (Å²) in [6, 6.07) is 22.3. The lowest BCUT2D eigenvalue weighted by Gasteiger charge is -2.35. The van der Waals surface area contributed by atoms with Gasteiger partial charge in [-0.05, 0) is 58.3 Å². The average molecular weight is 413 g/mol. The molecule has 0 saturated carbocycles. The molecular weight excluding hydrogens is 390 g/mol. The summed E-state index contributed by atoms with van der Waals surface area (Å²) in [6.45, 7) is 0. The first-order chi connectivity index (χ1) is 15.1. The van der Waals surface area contributed by atoms with E-state index in [1.807, 2.05) is 60.7 Å². The topological polar surface area (TPSA) is 71.0 Å². The normalized spacial score (nSPS) is 17.5. The molecule has 5 rings (SSSR count). The Morgan fingerprint density at radius 2 is 1.03 bits per heavy atom. The molecular formula is C26H23NO4. The van der Waals surface area contributed by atoms with Crippen molar-refractivity contribution in [1.29, 1.82) is 0 Å². The highest BCUT2D eigenvalue weighted by Gasteiger charge is 2.34. The molecule has 1 aliphatic heterocycles. The Kier molecular flexibility index (Phi) is 4.68. The monoisotopic (exact) mass is 413 g/mol. The molecule has 0 fully saturated rings. The van der Waals surface area contributed by atoms with Gasteiger partial charge in [0.15, 0.2) is 0 Å². The van der Waals surface area contributed by atoms with E-state index in [0.717, 1.165) is 44.5 Å². The van der Waals surface area contributed by atoms with Gasteiger partial charge in [0.2, 0.25) is 0 Å². The molecule has 0 aromatic heterocycles. The zero-order valence-corrected chi connectivity index (χ0v) is 17.3. The fourth-order valence-corrected chi connectivity index (χ4v) is 4.49. The van der Waals surface area contributed by atoms with Crippen molar-refractivity contribution in [2.45, 2.75) is 12.1 Å². The van der Waals surface area contributed by atoms with Crippen LogP contribution in [0.25, 0.3) is 10.8 Å². The van der Waals surface area contributed by atoms with Crippen LogP contribution in [0.2, 0.25) is 0 Å². The molecule has 5 nitrogen and oxygen atoms in total. The molecule has 0 radical (unpaired) electrons. The van der Waals surface area contributed by atoms with Crippen LogP contribution >= 0.6 is 0 Å². The van der Waals surface area contributed by atoms with Crippen molar-refractivity contribution in [2.24, 2.45) is 0 Å². The third kappa shape index (κ3) is 3.14. The van der Waals surface area contributed by atoms with Gasteiger partial charge in [0.25, 0.3) is 0 Å². The predicted octanol–water partition coefficient (Wildman–Crippen LogP) is 5.05. The Hall–Kier alpha value is -3.70. The van der Waals surface area contributed by atoms with Gasteiger partial charge in [-0.15, -0.1) is 0 Å². The number of phenolic OH excluding ortho intramolecular Hbond substituents is 2. The maximum atomic E-state index is 10.9. The van der Waals surface area contributed by atoms with Crippen LogP contribution in [-0.2, 0) is 0 Å². The maximum absolute atomic E-state index is 10.9. The SMILES string of the molecule is COc1ccc(C2NC(c3ccc(OC)cc3)c3c(O)ccc4ccc(O)c2c34)cc1. The summed E-state index contributed by atoms with van der Waals surface area (Å²) >= 11 is 0. The fourth-order valence-electron chi connectivity index (χ4n) is 4.49. The predicted molar refractivity (Wildman–Crippen MR) is 120 cm³/mol. The number of aromatic hydroxyl groups is 2. The van der Waals surface area contributed by atoms with Crippen LogP contribution in [0.15, 0.2) is 72.8 Å². The van der Waals surface area contributed by atoms with Gasteiger partial charge in [-0.2, -0.15) is 0 Å². The average Bonchev–Trinajstić information content (AvgIpc) is 2.82. The lowest BCUT2D eigenvalue weighted by molar-refractivity contribution is 0.413. The number of benzene rings is 4. The van der Waals surface area contributed by atoms with Crippen molar-refractivity contribution >= 4 is 10.8 Å². The number of ether oxygens (including phenoxy) is 2. The van der Waals surface area contributed by atoms with E-state index in [1.54, 1.807) is 26.4 Å². The highest BCUT2D eigenvalue weighted by Crippen LogP contribution is 2.48. The second-order valence-corrected chi connectivity index (χ2v) is 7.67. The molecule has 31 heavy (non-hydrogen) atoms. The Morgan fingerprint density at radius 1 is 0.613 bits per heavy atom. The molecule has 0 saturated heterocycles. The number of rotatable bonds is 4. The van der Waals surface area contributed by atoms with Crippen LogP contribution < -0.4 is 14.8 Å². The summed E-state index contributed by atoms with van der Waals surface area (Å²) in [5, 5.41) is 27.2. The summed E-state index contributed by atoms with van der Waals surface area (Å²) in [7, 11) is 3.28. The van der Waals surface area contributed by atoms with Gasteiger partial charge in [-0.1, -0.05) is 36.4 Å². The van der Waals surface area contributed by atoms with Gasteiger partial charge in [0.1, 0.15) is 23.0 Å². The minimum Gasteiger partial charge on any atom is -0.508 e. The second-order valence-electron chi connectivity index (χ2n) is 7.67. The van der Waals surface area contributed by atoms with E-state index in [9.17, 15) is 10.2 Å². The molecule has 5 heteroatoms. The molecule has 1 heterocycles. The molecule has 0 bridgehead atoms. The highest BCUT2D eigenvalue weighted by atomic mass is 16.5. The van der Waals surface area contributed by atoms with E-state index in [2.05, 4.69) is 5.32 Å². The number of hydrogen-bond donors (Lipinski definition) is 3. The van der Waals surface area contributed by atoms with Gasteiger partial charge in [0.05, 0.1) is 26.3 Å². The van der Waals surface area contributed by atoms with Crippen molar-refractivity contribution in [2.75, 3.05) is 14.2 Å². The molecule has 0 spiro atoms. The smallest absolute Gasteiger partial charge is 0.121 e. The Morgan fingerprint density at radius 3 is 1.42 bits per heavy atom. The Labute approximate surface area is 180 Å². The van der Waals surface area contributed by atoms with Crippen LogP contribution in [0, 0.1) is 0 Å². The molecule has 2 unspecified atom stereocenters. The third-order valence-electron chi connectivity index (χ3n) is 6.03. The minimum absolute atomic E-state index is 0.195. The first-order valence-corrected chi connectivity index (χ1v) is 10.1. The summed E-state index contributed by atoms with van der Waals surface area (Å²) in [5.41, 5.74) is 3.52. The molecule has 1 aliphatic rings. The molecule has 3 N–H and O–H groups in total. The largest absolute Gasteiger partial charge is 0.508 e. The van der Waals surface area contributed by atoms with Gasteiger partial charge in [0, 0.05) is 11.1 Å². The first kappa shape index (κ1) is 19.3. The molecule has 4 aromatic carbocycles. The van der Waals surface area contributed by atoms with Crippen molar-refractivity contribution in [3.63, 3.8) is 0 Å². The molecule has 156 valence electrons. The summed E-state index contributed by atoms with van der Waals surface area (Å²) in [6.07, 6.45) is 0. The van der Waals surface area contributed by atoms with Gasteiger partial charge in [-0.3, -0.25) is 5.32 Å². The van der Waals surface area contributed by atoms with Crippen LogP contribution in [0.3, 0.4) is 0 Å². The quantitative estimate of drug-likeness (QED) is 0.437. The second kappa shape index (κ2) is 7.52. The van der Waals surface area contributed by atoms with Gasteiger partial charge in [-0.25, -0.2) is 0 Å². The van der Waals surface area contributed by atoms with Gasteiger partial charge >= 0.3 is 0 Å². The number of methoxy groups -OCH3 is 2. The summed E-state index contributed by atoms with van der Waals surface area (Å²) in [5.74, 6) is 1.93. The number of nitrogens with one attached hydrogen (secondary N) is 1. The van der Waals surface area contributed by atoms with Crippen LogP contribution in [0.4, 0.5) is 0 Å². The zero-order valence-electron chi connectivity index (χ0n) is 17.3. The fraction of sp³-hybridized carbons (Fsp3) is 0.154. The van der Waals surface area contributed by atoms with Crippen LogP contribution in [-0.4, -0.2) is 24.4 Å². The number of phenols is 2. The highest BCUT2D eigenvalue weighted by molar-refractivity contribution is 5.95. The van der Waals surface area contributed by atoms with E-state index < -0.39 is 0 Å². The van der Waals surface area contributed by atoms with Crippen LogP contribution in [0.5, 0.6) is 23.0 Å². The lowest BCUT2D eigenvalue weighted by atomic mass is 9.81. The Bertz CT molecular complexity index is 1160. The van der Waals surface area contributed by atoms with Crippen molar-refractivity contribution in [3.8, 4) is 23.0 Å². The van der Waals surface area contributed by atoms with E-state index in [-0.39, 0.29) is 23.6 Å². The molecule has 2 atom stereocenters. The minimum atomic E-state index is -0.268. The maximum Gasteiger partial charge on any atom is 0.121 e.